The van der Waals surface area contributed by atoms with Gasteiger partial charge in [-0.15, -0.1) is 5.10 Å². The summed E-state index contributed by atoms with van der Waals surface area (Å²) >= 11 is 0. The van der Waals surface area contributed by atoms with Gasteiger partial charge >= 0.3 is 5.97 Å². The highest BCUT2D eigenvalue weighted by Gasteiger charge is 2.46. The first kappa shape index (κ1) is 16.8. The van der Waals surface area contributed by atoms with E-state index in [2.05, 4.69) is 41.5 Å². The fourth-order valence-corrected chi connectivity index (χ4v) is 3.88. The molecule has 0 radical (unpaired) electrons. The van der Waals surface area contributed by atoms with E-state index in [0.29, 0.717) is 19.0 Å². The average Bonchev–Trinajstić information content (AvgIpc) is 3.28. The maximum atomic E-state index is 12.8. The first-order valence-electron chi connectivity index (χ1n) is 9.03. The smallest absolute Gasteiger partial charge is 0.358 e. The number of hydrogen-bond acceptors (Lipinski definition) is 4. The average molecular weight is 354 g/mol. The summed E-state index contributed by atoms with van der Waals surface area (Å²) in [7, 11) is 0. The van der Waals surface area contributed by atoms with E-state index in [0.717, 1.165) is 19.3 Å². The lowest BCUT2D eigenvalue weighted by Crippen LogP contribution is -2.40. The van der Waals surface area contributed by atoms with Crippen LogP contribution in [0.15, 0.2) is 30.5 Å². The second kappa shape index (κ2) is 6.55. The Morgan fingerprint density at radius 3 is 2.65 bits per heavy atom. The number of aromatic nitrogens is 3. The Kier molecular flexibility index (Phi) is 4.22. The summed E-state index contributed by atoms with van der Waals surface area (Å²) in [5.41, 5.74) is 2.46. The predicted octanol–water partition coefficient (Wildman–Crippen LogP) is 2.25. The number of likely N-dealkylation sites (tertiary alicyclic amines) is 1. The predicted molar refractivity (Wildman–Crippen MR) is 93.9 cm³/mol. The minimum Gasteiger partial charge on any atom is -0.476 e. The molecule has 1 aliphatic heterocycles. The van der Waals surface area contributed by atoms with Gasteiger partial charge in [0.1, 0.15) is 0 Å². The minimum atomic E-state index is -1.07. The molecule has 2 fully saturated rings. The van der Waals surface area contributed by atoms with Crippen LogP contribution in [0, 0.1) is 12.8 Å². The van der Waals surface area contributed by atoms with E-state index in [1.165, 1.54) is 17.3 Å². The largest absolute Gasteiger partial charge is 0.476 e. The number of carbonyl (C=O) groups is 2. The van der Waals surface area contributed by atoms with Crippen LogP contribution in [-0.4, -0.2) is 50.0 Å². The molecule has 7 nitrogen and oxygen atoms in total. The van der Waals surface area contributed by atoms with Crippen LogP contribution < -0.4 is 0 Å². The number of piperidine rings is 1. The molecule has 0 spiro atoms. The van der Waals surface area contributed by atoms with Crippen molar-refractivity contribution in [1.82, 2.24) is 19.9 Å². The van der Waals surface area contributed by atoms with E-state index in [1.807, 2.05) is 4.90 Å². The van der Waals surface area contributed by atoms with Crippen LogP contribution in [0.25, 0.3) is 0 Å². The molecule has 0 unspecified atom stereocenters. The topological polar surface area (TPSA) is 88.3 Å². The third kappa shape index (κ3) is 3.21. The van der Waals surface area contributed by atoms with Crippen molar-refractivity contribution >= 4 is 11.9 Å². The molecular weight excluding hydrogens is 332 g/mol. The fourth-order valence-electron chi connectivity index (χ4n) is 3.88. The van der Waals surface area contributed by atoms with E-state index in [1.54, 1.807) is 4.68 Å². The second-order valence-corrected chi connectivity index (χ2v) is 7.31. The molecular formula is C19H22N4O3. The van der Waals surface area contributed by atoms with Crippen molar-refractivity contribution in [3.63, 3.8) is 0 Å². The van der Waals surface area contributed by atoms with Gasteiger partial charge in [-0.1, -0.05) is 35.0 Å². The van der Waals surface area contributed by atoms with Crippen molar-refractivity contribution in [2.24, 2.45) is 5.92 Å². The molecule has 7 heteroatoms. The van der Waals surface area contributed by atoms with Crippen molar-refractivity contribution in [3.8, 4) is 0 Å². The molecule has 1 amide bonds. The summed E-state index contributed by atoms with van der Waals surface area (Å²) in [4.78, 5) is 25.6. The van der Waals surface area contributed by atoms with Gasteiger partial charge in [-0.2, -0.15) is 0 Å². The Morgan fingerprint density at radius 1 is 1.23 bits per heavy atom. The Morgan fingerprint density at radius 2 is 2.00 bits per heavy atom. The molecule has 2 atom stereocenters. The lowest BCUT2D eigenvalue weighted by molar-refractivity contribution is -0.134. The highest BCUT2D eigenvalue weighted by atomic mass is 16.4. The van der Waals surface area contributed by atoms with Crippen LogP contribution in [0.3, 0.4) is 0 Å². The van der Waals surface area contributed by atoms with Gasteiger partial charge in [0.05, 0.1) is 12.2 Å². The number of nitrogens with zero attached hydrogens (tertiary/aromatic N) is 4. The van der Waals surface area contributed by atoms with E-state index in [4.69, 9.17) is 5.11 Å². The SMILES string of the molecule is Cc1cccc([C@@H]2C[C@H]2C(=O)N2CCC(n3cc(C(=O)O)nn3)CC2)c1. The van der Waals surface area contributed by atoms with Gasteiger partial charge in [0, 0.05) is 19.0 Å². The summed E-state index contributed by atoms with van der Waals surface area (Å²) in [5.74, 6) is -0.355. The minimum absolute atomic E-state index is 0.0394. The molecule has 2 aromatic rings. The van der Waals surface area contributed by atoms with Gasteiger partial charge in [-0.05, 0) is 37.7 Å². The van der Waals surface area contributed by atoms with E-state index >= 15 is 0 Å². The molecule has 4 rings (SSSR count). The number of aromatic carboxylic acids is 1. The first-order chi connectivity index (χ1) is 12.5. The number of carbonyl (C=O) groups excluding carboxylic acids is 1. The number of carboxylic acids is 1. The van der Waals surface area contributed by atoms with Crippen LogP contribution >= 0.6 is 0 Å². The van der Waals surface area contributed by atoms with Crippen molar-refractivity contribution in [2.75, 3.05) is 13.1 Å². The van der Waals surface area contributed by atoms with Crippen molar-refractivity contribution in [1.29, 1.82) is 0 Å². The van der Waals surface area contributed by atoms with Gasteiger partial charge in [-0.3, -0.25) is 4.79 Å². The molecule has 1 aromatic heterocycles. The molecule has 26 heavy (non-hydrogen) atoms. The Hall–Kier alpha value is -2.70. The molecule has 1 saturated heterocycles. The molecule has 1 saturated carbocycles. The van der Waals surface area contributed by atoms with E-state index < -0.39 is 5.97 Å². The Balaban J connectivity index is 1.33. The molecule has 1 N–H and O–H groups in total. The van der Waals surface area contributed by atoms with Crippen LogP contribution in [0.1, 0.15) is 52.8 Å². The summed E-state index contributed by atoms with van der Waals surface area (Å²) < 4.78 is 1.62. The van der Waals surface area contributed by atoms with Crippen molar-refractivity contribution < 1.29 is 14.7 Å². The van der Waals surface area contributed by atoms with Crippen LogP contribution in [0.2, 0.25) is 0 Å². The fraction of sp³-hybridized carbons (Fsp3) is 0.474. The Labute approximate surface area is 151 Å². The van der Waals surface area contributed by atoms with Crippen LogP contribution in [0.4, 0.5) is 0 Å². The number of rotatable bonds is 4. The number of carboxylic acid groups (broad SMARTS) is 1. The Bertz CT molecular complexity index is 839. The standard InChI is InChI=1S/C19H22N4O3/c1-12-3-2-4-13(9-12)15-10-16(15)18(24)22-7-5-14(6-8-22)23-11-17(19(25)26)20-21-23/h2-4,9,11,14-16H,5-8,10H2,1H3,(H,25,26)/t15-,16+/m0/s1. The maximum absolute atomic E-state index is 12.8. The summed E-state index contributed by atoms with van der Waals surface area (Å²) in [5, 5.41) is 16.5. The van der Waals surface area contributed by atoms with Gasteiger partial charge in [0.15, 0.2) is 5.69 Å². The maximum Gasteiger partial charge on any atom is 0.358 e. The molecule has 2 heterocycles. The zero-order valence-corrected chi connectivity index (χ0v) is 14.7. The second-order valence-electron chi connectivity index (χ2n) is 7.31. The lowest BCUT2D eigenvalue weighted by atomic mass is 10.0. The first-order valence-corrected chi connectivity index (χ1v) is 9.03. The van der Waals surface area contributed by atoms with Gasteiger partial charge < -0.3 is 10.0 Å². The third-order valence-corrected chi connectivity index (χ3v) is 5.46. The molecule has 136 valence electrons. The van der Waals surface area contributed by atoms with Crippen molar-refractivity contribution in [2.45, 2.75) is 38.1 Å². The van der Waals surface area contributed by atoms with Gasteiger partial charge in [0.25, 0.3) is 0 Å². The third-order valence-electron chi connectivity index (χ3n) is 5.46. The number of benzene rings is 1. The van der Waals surface area contributed by atoms with Gasteiger partial charge in [-0.25, -0.2) is 9.48 Å². The van der Waals surface area contributed by atoms with Gasteiger partial charge in [0.2, 0.25) is 5.91 Å². The quantitative estimate of drug-likeness (QED) is 0.910. The number of aryl methyl sites for hydroxylation is 1. The normalized spacial score (nSPS) is 23.0. The number of hydrogen-bond donors (Lipinski definition) is 1. The van der Waals surface area contributed by atoms with Crippen molar-refractivity contribution in [3.05, 3.63) is 47.3 Å². The summed E-state index contributed by atoms with van der Waals surface area (Å²) in [6, 6.07) is 8.52. The highest BCUT2D eigenvalue weighted by Crippen LogP contribution is 2.49. The molecule has 2 aliphatic rings. The summed E-state index contributed by atoms with van der Waals surface area (Å²) in [6.45, 7) is 3.44. The highest BCUT2D eigenvalue weighted by molar-refractivity contribution is 5.84. The van der Waals surface area contributed by atoms with E-state index in [-0.39, 0.29) is 23.6 Å². The number of amides is 1. The summed E-state index contributed by atoms with van der Waals surface area (Å²) in [6.07, 6.45) is 3.96. The molecule has 1 aromatic carbocycles. The lowest BCUT2D eigenvalue weighted by Gasteiger charge is -2.32. The monoisotopic (exact) mass is 354 g/mol. The van der Waals surface area contributed by atoms with Crippen LogP contribution in [0.5, 0.6) is 0 Å². The molecule has 1 aliphatic carbocycles. The molecule has 0 bridgehead atoms. The zero-order valence-electron chi connectivity index (χ0n) is 14.7. The van der Waals surface area contributed by atoms with E-state index in [9.17, 15) is 9.59 Å². The zero-order chi connectivity index (χ0) is 18.3. The van der Waals surface area contributed by atoms with Crippen LogP contribution in [-0.2, 0) is 4.79 Å².